The van der Waals surface area contributed by atoms with Crippen molar-refractivity contribution >= 4 is 37.8 Å². The van der Waals surface area contributed by atoms with Gasteiger partial charge < -0.3 is 10.4 Å². The van der Waals surface area contributed by atoms with E-state index in [0.29, 0.717) is 16.9 Å². The van der Waals surface area contributed by atoms with Crippen LogP contribution >= 0.6 is 31.9 Å². The summed E-state index contributed by atoms with van der Waals surface area (Å²) in [5.74, 6) is -0.256. The molecule has 0 saturated heterocycles. The molecule has 0 saturated carbocycles. The van der Waals surface area contributed by atoms with E-state index in [1.54, 1.807) is 12.1 Å². The summed E-state index contributed by atoms with van der Waals surface area (Å²) in [4.78, 5) is 12.2. The molecule has 1 rings (SSSR count). The van der Waals surface area contributed by atoms with E-state index in [1.807, 2.05) is 0 Å². The summed E-state index contributed by atoms with van der Waals surface area (Å²) < 4.78 is 0.748. The molecule has 0 bridgehead atoms. The molecule has 0 aromatic heterocycles. The Balaban J connectivity index is 2.52. The maximum Gasteiger partial charge on any atom is 0.255 e. The Morgan fingerprint density at radius 3 is 2.82 bits per heavy atom. The first kappa shape index (κ1) is 14.5. The van der Waals surface area contributed by atoms with Gasteiger partial charge in [0.25, 0.3) is 5.91 Å². The van der Waals surface area contributed by atoms with Crippen LogP contribution in [0.2, 0.25) is 0 Å². The summed E-state index contributed by atoms with van der Waals surface area (Å²) in [6.07, 6.45) is 1.90. The van der Waals surface area contributed by atoms with Crippen LogP contribution in [0.1, 0.15) is 30.1 Å². The van der Waals surface area contributed by atoms with E-state index in [4.69, 9.17) is 0 Å². The standard InChI is InChI=1S/C12H15Br2NO2/c1-2-8(13)5-6-15-12(17)10-4-3-9(14)7-11(10)16/h3-4,7-8,16H,2,5-6H2,1H3,(H,15,17). The van der Waals surface area contributed by atoms with Crippen LogP contribution in [0.25, 0.3) is 0 Å². The van der Waals surface area contributed by atoms with Crippen molar-refractivity contribution in [2.75, 3.05) is 6.54 Å². The highest BCUT2D eigenvalue weighted by molar-refractivity contribution is 9.10. The molecule has 1 atom stereocenters. The molecule has 1 aromatic carbocycles. The Bertz CT molecular complexity index is 396. The summed E-state index contributed by atoms with van der Waals surface area (Å²) in [6.45, 7) is 2.68. The molecule has 0 aliphatic rings. The molecule has 0 spiro atoms. The lowest BCUT2D eigenvalue weighted by atomic mass is 10.2. The van der Waals surface area contributed by atoms with Crippen molar-refractivity contribution in [2.45, 2.75) is 24.6 Å². The fraction of sp³-hybridized carbons (Fsp3) is 0.417. The van der Waals surface area contributed by atoms with Crippen LogP contribution in [0.5, 0.6) is 5.75 Å². The summed E-state index contributed by atoms with van der Waals surface area (Å²) in [5, 5.41) is 12.4. The number of carbonyl (C=O) groups is 1. The molecular formula is C12H15Br2NO2. The highest BCUT2D eigenvalue weighted by Crippen LogP contribution is 2.22. The molecule has 1 unspecified atom stereocenters. The van der Waals surface area contributed by atoms with Gasteiger partial charge >= 0.3 is 0 Å². The predicted molar refractivity (Wildman–Crippen MR) is 75.8 cm³/mol. The van der Waals surface area contributed by atoms with Crippen molar-refractivity contribution in [3.05, 3.63) is 28.2 Å². The van der Waals surface area contributed by atoms with Gasteiger partial charge in [-0.05, 0) is 31.0 Å². The molecule has 0 fully saturated rings. The fourth-order valence-electron chi connectivity index (χ4n) is 1.34. The minimum atomic E-state index is -0.245. The number of hydrogen-bond acceptors (Lipinski definition) is 2. The van der Waals surface area contributed by atoms with Crippen molar-refractivity contribution < 1.29 is 9.90 Å². The van der Waals surface area contributed by atoms with E-state index in [9.17, 15) is 9.90 Å². The second-order valence-electron chi connectivity index (χ2n) is 3.71. The minimum Gasteiger partial charge on any atom is -0.507 e. The summed E-state index contributed by atoms with van der Waals surface area (Å²) in [5.41, 5.74) is 0.302. The third-order valence-electron chi connectivity index (χ3n) is 2.39. The maximum absolute atomic E-state index is 11.7. The average molecular weight is 365 g/mol. The molecule has 17 heavy (non-hydrogen) atoms. The topological polar surface area (TPSA) is 49.3 Å². The van der Waals surface area contributed by atoms with Crippen molar-refractivity contribution in [3.63, 3.8) is 0 Å². The Morgan fingerprint density at radius 1 is 1.53 bits per heavy atom. The predicted octanol–water partition coefficient (Wildman–Crippen LogP) is 3.45. The summed E-state index contributed by atoms with van der Waals surface area (Å²) in [7, 11) is 0. The highest BCUT2D eigenvalue weighted by atomic mass is 79.9. The third kappa shape index (κ3) is 4.68. The van der Waals surface area contributed by atoms with E-state index < -0.39 is 0 Å². The zero-order chi connectivity index (χ0) is 12.8. The van der Waals surface area contributed by atoms with Gasteiger partial charge in [0.1, 0.15) is 5.75 Å². The van der Waals surface area contributed by atoms with Crippen LogP contribution < -0.4 is 5.32 Å². The van der Waals surface area contributed by atoms with Gasteiger partial charge in [0.2, 0.25) is 0 Å². The van der Waals surface area contributed by atoms with Crippen LogP contribution in [-0.4, -0.2) is 22.4 Å². The number of rotatable bonds is 5. The number of phenolic OH excluding ortho intramolecular Hbond substituents is 1. The number of hydrogen-bond donors (Lipinski definition) is 2. The molecule has 0 aliphatic carbocycles. The molecule has 0 radical (unpaired) electrons. The number of carbonyl (C=O) groups excluding carboxylic acids is 1. The first-order valence-corrected chi connectivity index (χ1v) is 7.16. The molecule has 5 heteroatoms. The average Bonchev–Trinajstić information content (AvgIpc) is 2.28. The maximum atomic E-state index is 11.7. The number of phenols is 1. The Morgan fingerprint density at radius 2 is 2.24 bits per heavy atom. The highest BCUT2D eigenvalue weighted by Gasteiger charge is 2.11. The van der Waals surface area contributed by atoms with Gasteiger partial charge in [0.05, 0.1) is 5.56 Å². The first-order chi connectivity index (χ1) is 8.04. The number of aromatic hydroxyl groups is 1. The van der Waals surface area contributed by atoms with Crippen LogP contribution in [0.4, 0.5) is 0 Å². The largest absolute Gasteiger partial charge is 0.507 e. The van der Waals surface area contributed by atoms with Gasteiger partial charge in [0.15, 0.2) is 0 Å². The summed E-state index contributed by atoms with van der Waals surface area (Å²) >= 11 is 6.73. The normalized spacial score (nSPS) is 12.2. The van der Waals surface area contributed by atoms with Gasteiger partial charge in [-0.25, -0.2) is 0 Å². The lowest BCUT2D eigenvalue weighted by molar-refractivity contribution is 0.0950. The van der Waals surface area contributed by atoms with Crippen LogP contribution in [0.3, 0.4) is 0 Å². The molecule has 2 N–H and O–H groups in total. The number of alkyl halides is 1. The first-order valence-electron chi connectivity index (χ1n) is 5.45. The van der Waals surface area contributed by atoms with E-state index in [-0.39, 0.29) is 11.7 Å². The van der Waals surface area contributed by atoms with E-state index in [0.717, 1.165) is 17.3 Å². The van der Waals surface area contributed by atoms with Gasteiger partial charge in [-0.3, -0.25) is 4.79 Å². The van der Waals surface area contributed by atoms with Crippen molar-refractivity contribution in [2.24, 2.45) is 0 Å². The number of amides is 1. The zero-order valence-electron chi connectivity index (χ0n) is 9.54. The van der Waals surface area contributed by atoms with Gasteiger partial charge in [-0.2, -0.15) is 0 Å². The van der Waals surface area contributed by atoms with Crippen LogP contribution in [-0.2, 0) is 0 Å². The van der Waals surface area contributed by atoms with Crippen molar-refractivity contribution in [1.29, 1.82) is 0 Å². The quantitative estimate of drug-likeness (QED) is 0.786. The monoisotopic (exact) mass is 363 g/mol. The van der Waals surface area contributed by atoms with Gasteiger partial charge in [0, 0.05) is 15.8 Å². The third-order valence-corrected chi connectivity index (χ3v) is 3.99. The van der Waals surface area contributed by atoms with Crippen LogP contribution in [0, 0.1) is 0 Å². The molecule has 0 aliphatic heterocycles. The fourth-order valence-corrected chi connectivity index (χ4v) is 1.92. The lowest BCUT2D eigenvalue weighted by Crippen LogP contribution is -2.26. The molecular weight excluding hydrogens is 350 g/mol. The molecule has 1 aromatic rings. The zero-order valence-corrected chi connectivity index (χ0v) is 12.7. The molecule has 1 amide bonds. The van der Waals surface area contributed by atoms with E-state index >= 15 is 0 Å². The Labute approximate surface area is 118 Å². The van der Waals surface area contributed by atoms with E-state index in [1.165, 1.54) is 6.07 Å². The Kier molecular flexibility index (Phi) is 5.98. The second-order valence-corrected chi connectivity index (χ2v) is 5.92. The molecule has 94 valence electrons. The van der Waals surface area contributed by atoms with Gasteiger partial charge in [-0.1, -0.05) is 38.8 Å². The van der Waals surface area contributed by atoms with Crippen LogP contribution in [0.15, 0.2) is 22.7 Å². The number of halogens is 2. The van der Waals surface area contributed by atoms with Crippen molar-refractivity contribution in [1.82, 2.24) is 5.32 Å². The van der Waals surface area contributed by atoms with Gasteiger partial charge in [-0.15, -0.1) is 0 Å². The van der Waals surface area contributed by atoms with Crippen molar-refractivity contribution in [3.8, 4) is 5.75 Å². The second kappa shape index (κ2) is 7.01. The lowest BCUT2D eigenvalue weighted by Gasteiger charge is -2.09. The summed E-state index contributed by atoms with van der Waals surface area (Å²) in [6, 6.07) is 4.84. The number of nitrogens with one attached hydrogen (secondary N) is 1. The van der Waals surface area contributed by atoms with E-state index in [2.05, 4.69) is 44.1 Å². The smallest absolute Gasteiger partial charge is 0.255 e. The molecule has 0 heterocycles. The SMILES string of the molecule is CCC(Br)CCNC(=O)c1ccc(Br)cc1O. The minimum absolute atomic E-state index is 0.0113. The molecule has 3 nitrogen and oxygen atoms in total. The Hall–Kier alpha value is -0.550. The number of benzene rings is 1.